The average Bonchev–Trinajstić information content (AvgIpc) is 2.37. The van der Waals surface area contributed by atoms with Gasteiger partial charge >= 0.3 is 0 Å². The number of hydrogen-bond acceptors (Lipinski definition) is 4. The van der Waals surface area contributed by atoms with Crippen LogP contribution in [0.25, 0.3) is 0 Å². The van der Waals surface area contributed by atoms with Gasteiger partial charge in [-0.1, -0.05) is 13.0 Å². The van der Waals surface area contributed by atoms with E-state index in [1.54, 1.807) is 10.5 Å². The van der Waals surface area contributed by atoms with Crippen molar-refractivity contribution in [1.82, 2.24) is 14.6 Å². The van der Waals surface area contributed by atoms with Crippen LogP contribution in [0, 0.1) is 5.92 Å². The molecule has 1 aromatic heterocycles. The van der Waals surface area contributed by atoms with E-state index in [1.807, 2.05) is 18.3 Å². The molecule has 2 heterocycles. The topological polar surface area (TPSA) is 62.3 Å². The van der Waals surface area contributed by atoms with Gasteiger partial charge in [-0.15, -0.1) is 0 Å². The molecule has 1 aliphatic heterocycles. The summed E-state index contributed by atoms with van der Waals surface area (Å²) in [6.07, 6.45) is 5.75. The summed E-state index contributed by atoms with van der Waals surface area (Å²) in [5.41, 5.74) is 1.15. The molecule has 106 valence electrons. The molecule has 0 aromatic carbocycles. The summed E-state index contributed by atoms with van der Waals surface area (Å²) < 4.78 is 24.6. The molecule has 1 fully saturated rings. The molecule has 1 aromatic rings. The highest BCUT2D eigenvalue weighted by atomic mass is 32.2. The number of aromatic nitrogens is 1. The second-order valence-corrected chi connectivity index (χ2v) is 7.22. The first-order valence-corrected chi connectivity index (χ1v) is 8.39. The van der Waals surface area contributed by atoms with Crippen molar-refractivity contribution in [3.8, 4) is 0 Å². The van der Waals surface area contributed by atoms with Crippen LogP contribution in [0.4, 0.5) is 0 Å². The lowest BCUT2D eigenvalue weighted by molar-refractivity contribution is 0.220. The van der Waals surface area contributed by atoms with Gasteiger partial charge in [0.25, 0.3) is 0 Å². The van der Waals surface area contributed by atoms with Gasteiger partial charge in [0.1, 0.15) is 0 Å². The molecule has 1 saturated heterocycles. The maximum atomic E-state index is 11.5. The van der Waals surface area contributed by atoms with Crippen LogP contribution in [0.5, 0.6) is 0 Å². The summed E-state index contributed by atoms with van der Waals surface area (Å²) in [5, 5.41) is 3.50. The zero-order valence-corrected chi connectivity index (χ0v) is 12.2. The van der Waals surface area contributed by atoms with Crippen LogP contribution in [0.3, 0.4) is 0 Å². The minimum Gasteiger partial charge on any atom is -0.310 e. The summed E-state index contributed by atoms with van der Waals surface area (Å²) in [4.78, 5) is 4.08. The maximum Gasteiger partial charge on any atom is 0.211 e. The third-order valence-electron chi connectivity index (χ3n) is 3.63. The second kappa shape index (κ2) is 5.98. The molecule has 0 amide bonds. The van der Waals surface area contributed by atoms with Crippen LogP contribution >= 0.6 is 0 Å². The van der Waals surface area contributed by atoms with Gasteiger partial charge < -0.3 is 5.32 Å². The third kappa shape index (κ3) is 3.99. The Morgan fingerprint density at radius 1 is 1.53 bits per heavy atom. The highest BCUT2D eigenvalue weighted by Crippen LogP contribution is 2.19. The quantitative estimate of drug-likeness (QED) is 0.889. The molecule has 1 N–H and O–H groups in total. The van der Waals surface area contributed by atoms with Crippen molar-refractivity contribution >= 4 is 10.0 Å². The molecular weight excluding hydrogens is 262 g/mol. The minimum absolute atomic E-state index is 0.320. The number of nitrogens with zero attached hydrogens (tertiary/aromatic N) is 2. The highest BCUT2D eigenvalue weighted by Gasteiger charge is 2.29. The van der Waals surface area contributed by atoms with Crippen molar-refractivity contribution in [2.75, 3.05) is 19.3 Å². The van der Waals surface area contributed by atoms with E-state index in [0.29, 0.717) is 25.0 Å². The van der Waals surface area contributed by atoms with E-state index in [1.165, 1.54) is 6.26 Å². The Bertz CT molecular complexity index is 504. The Kier molecular flexibility index (Phi) is 4.54. The van der Waals surface area contributed by atoms with E-state index < -0.39 is 10.0 Å². The van der Waals surface area contributed by atoms with Crippen molar-refractivity contribution in [2.45, 2.75) is 25.9 Å². The first kappa shape index (κ1) is 14.4. The van der Waals surface area contributed by atoms with Crippen LogP contribution in [-0.2, 0) is 16.6 Å². The number of pyridine rings is 1. The van der Waals surface area contributed by atoms with E-state index in [2.05, 4.69) is 17.2 Å². The average molecular weight is 283 g/mol. The lowest BCUT2D eigenvalue weighted by Gasteiger charge is -2.36. The molecule has 0 radical (unpaired) electrons. The maximum absolute atomic E-state index is 11.5. The molecule has 0 spiro atoms. The van der Waals surface area contributed by atoms with Crippen molar-refractivity contribution in [3.05, 3.63) is 30.1 Å². The van der Waals surface area contributed by atoms with Crippen LogP contribution in [0.1, 0.15) is 18.9 Å². The summed E-state index contributed by atoms with van der Waals surface area (Å²) in [5.74, 6) is 0.320. The highest BCUT2D eigenvalue weighted by molar-refractivity contribution is 7.88. The van der Waals surface area contributed by atoms with Gasteiger partial charge in [0.2, 0.25) is 10.0 Å². The fourth-order valence-corrected chi connectivity index (χ4v) is 3.41. The molecule has 6 heteroatoms. The van der Waals surface area contributed by atoms with Crippen LogP contribution in [0.2, 0.25) is 0 Å². The molecule has 5 nitrogen and oxygen atoms in total. The molecule has 19 heavy (non-hydrogen) atoms. The molecule has 0 bridgehead atoms. The van der Waals surface area contributed by atoms with Gasteiger partial charge in [-0.05, 0) is 24.0 Å². The van der Waals surface area contributed by atoms with Crippen molar-refractivity contribution in [1.29, 1.82) is 0 Å². The molecule has 1 aliphatic rings. The number of rotatable bonds is 4. The Morgan fingerprint density at radius 3 is 2.89 bits per heavy atom. The lowest BCUT2D eigenvalue weighted by atomic mass is 9.95. The smallest absolute Gasteiger partial charge is 0.211 e. The fraction of sp³-hybridized carbons (Fsp3) is 0.615. The van der Waals surface area contributed by atoms with Gasteiger partial charge in [-0.25, -0.2) is 12.7 Å². The summed E-state index contributed by atoms with van der Waals surface area (Å²) in [6, 6.07) is 4.32. The zero-order valence-electron chi connectivity index (χ0n) is 11.4. The zero-order chi connectivity index (χ0) is 13.9. The Hall–Kier alpha value is -0.980. The molecule has 2 atom stereocenters. The first-order chi connectivity index (χ1) is 8.97. The predicted octanol–water partition coefficient (Wildman–Crippen LogP) is 0.841. The monoisotopic (exact) mass is 283 g/mol. The van der Waals surface area contributed by atoms with E-state index in [9.17, 15) is 8.42 Å². The van der Waals surface area contributed by atoms with E-state index in [4.69, 9.17) is 0 Å². The fourth-order valence-electron chi connectivity index (χ4n) is 2.46. The predicted molar refractivity (Wildman–Crippen MR) is 75.1 cm³/mol. The molecule has 2 rings (SSSR count). The minimum atomic E-state index is -3.05. The van der Waals surface area contributed by atoms with E-state index >= 15 is 0 Å². The van der Waals surface area contributed by atoms with Gasteiger partial charge in [-0.2, -0.15) is 0 Å². The SMILES string of the molecule is C[C@H]1CN(S(C)(=O)=O)CC[C@@H]1NCc1cccnc1. The molecule has 0 saturated carbocycles. The molecule has 0 aliphatic carbocycles. The number of sulfonamides is 1. The van der Waals surface area contributed by atoms with Crippen LogP contribution in [0.15, 0.2) is 24.5 Å². The van der Waals surface area contributed by atoms with Crippen LogP contribution in [-0.4, -0.2) is 43.1 Å². The Labute approximate surface area is 115 Å². The van der Waals surface area contributed by atoms with Gasteiger partial charge in [0.15, 0.2) is 0 Å². The van der Waals surface area contributed by atoms with E-state index in [-0.39, 0.29) is 0 Å². The van der Waals surface area contributed by atoms with Gasteiger partial charge in [0, 0.05) is 38.1 Å². The molecular formula is C13H21N3O2S. The standard InChI is InChI=1S/C13H21N3O2S/c1-11-10-16(19(2,17)18)7-5-13(11)15-9-12-4-3-6-14-8-12/h3-4,6,8,11,13,15H,5,7,9-10H2,1-2H3/t11-,13-/m0/s1. The van der Waals surface area contributed by atoms with Crippen molar-refractivity contribution in [3.63, 3.8) is 0 Å². The normalized spacial score (nSPS) is 25.4. The van der Waals surface area contributed by atoms with E-state index in [0.717, 1.165) is 18.5 Å². The largest absolute Gasteiger partial charge is 0.310 e. The third-order valence-corrected chi connectivity index (χ3v) is 4.90. The number of piperidine rings is 1. The van der Waals surface area contributed by atoms with Crippen LogP contribution < -0.4 is 5.32 Å². The summed E-state index contributed by atoms with van der Waals surface area (Å²) >= 11 is 0. The number of hydrogen-bond donors (Lipinski definition) is 1. The van der Waals surface area contributed by atoms with Crippen molar-refractivity contribution < 1.29 is 8.42 Å². The van der Waals surface area contributed by atoms with Gasteiger partial charge in [0.05, 0.1) is 6.26 Å². The van der Waals surface area contributed by atoms with Crippen molar-refractivity contribution in [2.24, 2.45) is 5.92 Å². The first-order valence-electron chi connectivity index (χ1n) is 6.54. The summed E-state index contributed by atoms with van der Waals surface area (Å²) in [6.45, 7) is 4.08. The second-order valence-electron chi connectivity index (χ2n) is 5.24. The Balaban J connectivity index is 1.87. The lowest BCUT2D eigenvalue weighted by Crippen LogP contribution is -2.49. The number of nitrogens with one attached hydrogen (secondary N) is 1. The summed E-state index contributed by atoms with van der Waals surface area (Å²) in [7, 11) is -3.05. The van der Waals surface area contributed by atoms with Gasteiger partial charge in [-0.3, -0.25) is 4.98 Å². The Morgan fingerprint density at radius 2 is 2.32 bits per heavy atom. The molecule has 0 unspecified atom stereocenters.